The Bertz CT molecular complexity index is 190. The van der Waals surface area contributed by atoms with Crippen LogP contribution in [0.5, 0.6) is 0 Å². The molecule has 0 saturated heterocycles. The van der Waals surface area contributed by atoms with E-state index in [4.69, 9.17) is 4.74 Å². The molecule has 0 aliphatic heterocycles. The fourth-order valence-electron chi connectivity index (χ4n) is 2.01. The van der Waals surface area contributed by atoms with Crippen molar-refractivity contribution in [2.75, 3.05) is 20.3 Å². The number of aliphatic hydroxyl groups is 1. The van der Waals surface area contributed by atoms with Gasteiger partial charge in [0.1, 0.15) is 0 Å². The molecule has 1 unspecified atom stereocenters. The molecular weight excluding hydrogens is 194 g/mol. The van der Waals surface area contributed by atoms with E-state index in [1.54, 1.807) is 7.11 Å². The van der Waals surface area contributed by atoms with Crippen LogP contribution in [0.25, 0.3) is 0 Å². The van der Waals surface area contributed by atoms with Gasteiger partial charge in [-0.05, 0) is 18.8 Å². The number of hydrogen-bond donors (Lipinski definition) is 2. The van der Waals surface area contributed by atoms with E-state index in [9.17, 15) is 9.90 Å². The van der Waals surface area contributed by atoms with Crippen LogP contribution < -0.4 is 5.32 Å². The minimum atomic E-state index is -0.376. The summed E-state index contributed by atoms with van der Waals surface area (Å²) in [5.41, 5.74) is 0. The van der Waals surface area contributed by atoms with Crippen molar-refractivity contribution in [3.63, 3.8) is 0 Å². The molecule has 1 amide bonds. The number of nitrogens with one attached hydrogen (secondary N) is 1. The Kier molecular flexibility index (Phi) is 5.65. The first-order valence-electron chi connectivity index (χ1n) is 5.67. The predicted molar refractivity (Wildman–Crippen MR) is 57.5 cm³/mol. The summed E-state index contributed by atoms with van der Waals surface area (Å²) in [6.45, 7) is 0.818. The third kappa shape index (κ3) is 4.62. The molecule has 0 spiro atoms. The highest BCUT2D eigenvalue weighted by molar-refractivity contribution is 5.75. The van der Waals surface area contributed by atoms with Gasteiger partial charge in [-0.15, -0.1) is 0 Å². The van der Waals surface area contributed by atoms with Gasteiger partial charge in [0.15, 0.2) is 0 Å². The molecule has 0 aromatic heterocycles. The largest absolute Gasteiger partial charge is 0.391 e. The lowest BCUT2D eigenvalue weighted by Gasteiger charge is -2.17. The molecular formula is C11H21NO3. The van der Waals surface area contributed by atoms with Crippen LogP contribution in [-0.2, 0) is 9.53 Å². The first-order valence-corrected chi connectivity index (χ1v) is 5.67. The fraction of sp³-hybridized carbons (Fsp3) is 0.909. The molecule has 4 heteroatoms. The first kappa shape index (κ1) is 12.5. The summed E-state index contributed by atoms with van der Waals surface area (Å²) >= 11 is 0. The number of rotatable bonds is 6. The zero-order chi connectivity index (χ0) is 11.1. The quantitative estimate of drug-likeness (QED) is 0.685. The minimum Gasteiger partial charge on any atom is -0.391 e. The third-order valence-corrected chi connectivity index (χ3v) is 2.99. The third-order valence-electron chi connectivity index (χ3n) is 2.99. The molecule has 0 aromatic carbocycles. The van der Waals surface area contributed by atoms with Gasteiger partial charge in [-0.1, -0.05) is 12.8 Å². The van der Waals surface area contributed by atoms with Crippen LogP contribution in [0.3, 0.4) is 0 Å². The van der Waals surface area contributed by atoms with Gasteiger partial charge in [-0.25, -0.2) is 0 Å². The second-order valence-electron chi connectivity index (χ2n) is 4.16. The SMILES string of the molecule is COCCC(=O)NCC(O)C1CCCC1. The number of carbonyl (C=O) groups is 1. The van der Waals surface area contributed by atoms with E-state index in [2.05, 4.69) is 5.32 Å². The molecule has 1 saturated carbocycles. The van der Waals surface area contributed by atoms with Crippen LogP contribution in [0.2, 0.25) is 0 Å². The van der Waals surface area contributed by atoms with Gasteiger partial charge in [0.2, 0.25) is 5.91 Å². The Morgan fingerprint density at radius 1 is 1.53 bits per heavy atom. The van der Waals surface area contributed by atoms with Crippen LogP contribution in [0, 0.1) is 5.92 Å². The second-order valence-corrected chi connectivity index (χ2v) is 4.16. The number of ether oxygens (including phenoxy) is 1. The summed E-state index contributed by atoms with van der Waals surface area (Å²) in [6.07, 6.45) is 4.59. The molecule has 15 heavy (non-hydrogen) atoms. The van der Waals surface area contributed by atoms with Crippen molar-refractivity contribution in [3.05, 3.63) is 0 Å². The zero-order valence-corrected chi connectivity index (χ0v) is 9.37. The molecule has 4 nitrogen and oxygen atoms in total. The van der Waals surface area contributed by atoms with E-state index in [1.165, 1.54) is 12.8 Å². The maximum absolute atomic E-state index is 11.2. The van der Waals surface area contributed by atoms with Crippen LogP contribution in [-0.4, -0.2) is 37.4 Å². The van der Waals surface area contributed by atoms with Crippen molar-refractivity contribution in [2.45, 2.75) is 38.2 Å². The second kappa shape index (κ2) is 6.80. The van der Waals surface area contributed by atoms with Gasteiger partial charge >= 0.3 is 0 Å². The lowest BCUT2D eigenvalue weighted by molar-refractivity contribution is -0.122. The smallest absolute Gasteiger partial charge is 0.222 e. The number of carbonyl (C=O) groups excluding carboxylic acids is 1. The molecule has 1 aliphatic rings. The molecule has 88 valence electrons. The van der Waals surface area contributed by atoms with Gasteiger partial charge in [-0.3, -0.25) is 4.79 Å². The summed E-state index contributed by atoms with van der Waals surface area (Å²) in [5, 5.41) is 12.5. The van der Waals surface area contributed by atoms with Crippen LogP contribution in [0.4, 0.5) is 0 Å². The van der Waals surface area contributed by atoms with Crippen molar-refractivity contribution in [2.24, 2.45) is 5.92 Å². The molecule has 0 bridgehead atoms. The van der Waals surface area contributed by atoms with Gasteiger partial charge in [0.25, 0.3) is 0 Å². The highest BCUT2D eigenvalue weighted by Gasteiger charge is 2.23. The van der Waals surface area contributed by atoms with E-state index >= 15 is 0 Å². The normalized spacial score (nSPS) is 19.1. The van der Waals surface area contributed by atoms with Crippen molar-refractivity contribution in [1.82, 2.24) is 5.32 Å². The van der Waals surface area contributed by atoms with Crippen molar-refractivity contribution >= 4 is 5.91 Å². The average molecular weight is 215 g/mol. The monoisotopic (exact) mass is 215 g/mol. The number of amides is 1. The Morgan fingerprint density at radius 2 is 2.20 bits per heavy atom. The summed E-state index contributed by atoms with van der Waals surface area (Å²) in [6, 6.07) is 0. The molecule has 1 rings (SSSR count). The number of methoxy groups -OCH3 is 1. The Labute approximate surface area is 91.0 Å². The van der Waals surface area contributed by atoms with E-state index in [1.807, 2.05) is 0 Å². The van der Waals surface area contributed by atoms with E-state index in [0.717, 1.165) is 12.8 Å². The van der Waals surface area contributed by atoms with Gasteiger partial charge in [0, 0.05) is 20.1 Å². The molecule has 0 heterocycles. The Hall–Kier alpha value is -0.610. The Balaban J connectivity index is 2.09. The summed E-state index contributed by atoms with van der Waals surface area (Å²) in [4.78, 5) is 11.2. The van der Waals surface area contributed by atoms with Gasteiger partial charge < -0.3 is 15.2 Å². The number of aliphatic hydroxyl groups excluding tert-OH is 1. The molecule has 1 aliphatic carbocycles. The van der Waals surface area contributed by atoms with E-state index in [0.29, 0.717) is 25.5 Å². The highest BCUT2D eigenvalue weighted by atomic mass is 16.5. The van der Waals surface area contributed by atoms with Crippen LogP contribution in [0.15, 0.2) is 0 Å². The van der Waals surface area contributed by atoms with E-state index in [-0.39, 0.29) is 12.0 Å². The molecule has 0 aromatic rings. The molecule has 2 N–H and O–H groups in total. The number of hydrogen-bond acceptors (Lipinski definition) is 3. The van der Waals surface area contributed by atoms with Gasteiger partial charge in [-0.2, -0.15) is 0 Å². The first-order chi connectivity index (χ1) is 7.24. The predicted octanol–water partition coefficient (Wildman–Crippen LogP) is 0.690. The van der Waals surface area contributed by atoms with Crippen LogP contribution in [0.1, 0.15) is 32.1 Å². The minimum absolute atomic E-state index is 0.0473. The standard InChI is InChI=1S/C11H21NO3/c1-15-7-6-11(14)12-8-10(13)9-4-2-3-5-9/h9-10,13H,2-8H2,1H3,(H,12,14). The van der Waals surface area contributed by atoms with E-state index < -0.39 is 0 Å². The summed E-state index contributed by atoms with van der Waals surface area (Å²) in [7, 11) is 1.57. The summed E-state index contributed by atoms with van der Waals surface area (Å²) < 4.78 is 4.80. The average Bonchev–Trinajstić information content (AvgIpc) is 2.76. The molecule has 1 fully saturated rings. The van der Waals surface area contributed by atoms with Crippen molar-refractivity contribution in [1.29, 1.82) is 0 Å². The van der Waals surface area contributed by atoms with Gasteiger partial charge in [0.05, 0.1) is 12.7 Å². The topological polar surface area (TPSA) is 58.6 Å². The Morgan fingerprint density at radius 3 is 2.80 bits per heavy atom. The maximum Gasteiger partial charge on any atom is 0.222 e. The molecule has 1 atom stereocenters. The van der Waals surface area contributed by atoms with Crippen molar-refractivity contribution in [3.8, 4) is 0 Å². The van der Waals surface area contributed by atoms with Crippen LogP contribution >= 0.6 is 0 Å². The maximum atomic E-state index is 11.2. The van der Waals surface area contributed by atoms with Crippen molar-refractivity contribution < 1.29 is 14.6 Å². The highest BCUT2D eigenvalue weighted by Crippen LogP contribution is 2.27. The lowest BCUT2D eigenvalue weighted by atomic mass is 10.0. The molecule has 0 radical (unpaired) electrons. The summed E-state index contributed by atoms with van der Waals surface area (Å²) in [5.74, 6) is 0.335. The zero-order valence-electron chi connectivity index (χ0n) is 9.37. The fourth-order valence-corrected chi connectivity index (χ4v) is 2.01. The lowest BCUT2D eigenvalue weighted by Crippen LogP contribution is -2.35.